The van der Waals surface area contributed by atoms with Gasteiger partial charge in [0, 0.05) is 18.8 Å². The van der Waals surface area contributed by atoms with Gasteiger partial charge in [-0.3, -0.25) is 4.79 Å². The number of nitrogens with zero attached hydrogens (tertiary/aromatic N) is 2. The first-order valence-electron chi connectivity index (χ1n) is 7.52. The summed E-state index contributed by atoms with van der Waals surface area (Å²) in [6.45, 7) is 8.02. The number of rotatable bonds is 3. The second-order valence-electron chi connectivity index (χ2n) is 5.88. The summed E-state index contributed by atoms with van der Waals surface area (Å²) in [5, 5.41) is 0.0913. The van der Waals surface area contributed by atoms with Crippen molar-refractivity contribution in [2.75, 3.05) is 19.7 Å². The predicted octanol–water partition coefficient (Wildman–Crippen LogP) is 2.14. The van der Waals surface area contributed by atoms with Gasteiger partial charge in [-0.05, 0) is 39.3 Å². The maximum atomic E-state index is 12.2. The summed E-state index contributed by atoms with van der Waals surface area (Å²) in [4.78, 5) is 30.1. The third-order valence-electron chi connectivity index (χ3n) is 3.60. The van der Waals surface area contributed by atoms with E-state index in [0.29, 0.717) is 18.7 Å². The Hall–Kier alpha value is -1.66. The average Bonchev–Trinajstić information content (AvgIpc) is 2.42. The molecule has 0 N–H and O–H groups in total. The SMILES string of the molecule is Cc1cc(C)c(C(=O)OCC(=O)N2C[C@H](C)O[C@@H](C)C2)c(Cl)n1. The van der Waals surface area contributed by atoms with Crippen molar-refractivity contribution < 1.29 is 19.1 Å². The zero-order chi connectivity index (χ0) is 17.1. The van der Waals surface area contributed by atoms with Crippen LogP contribution in [-0.4, -0.2) is 53.7 Å². The molecule has 1 aromatic rings. The van der Waals surface area contributed by atoms with Crippen LogP contribution in [0.4, 0.5) is 0 Å². The first-order valence-corrected chi connectivity index (χ1v) is 7.89. The molecular weight excluding hydrogens is 320 g/mol. The summed E-state index contributed by atoms with van der Waals surface area (Å²) >= 11 is 6.01. The molecule has 0 saturated carbocycles. The van der Waals surface area contributed by atoms with Crippen LogP contribution in [0.5, 0.6) is 0 Å². The topological polar surface area (TPSA) is 68.7 Å². The van der Waals surface area contributed by atoms with Crippen LogP contribution in [0.25, 0.3) is 0 Å². The molecule has 6 nitrogen and oxygen atoms in total. The van der Waals surface area contributed by atoms with Gasteiger partial charge >= 0.3 is 5.97 Å². The number of ether oxygens (including phenoxy) is 2. The molecule has 0 bridgehead atoms. The molecule has 2 atom stereocenters. The quantitative estimate of drug-likeness (QED) is 0.623. The molecule has 0 spiro atoms. The number of aryl methyl sites for hydroxylation is 2. The molecule has 23 heavy (non-hydrogen) atoms. The highest BCUT2D eigenvalue weighted by atomic mass is 35.5. The predicted molar refractivity (Wildman–Crippen MR) is 85.6 cm³/mol. The molecule has 1 fully saturated rings. The third-order valence-corrected chi connectivity index (χ3v) is 3.88. The van der Waals surface area contributed by atoms with Crippen molar-refractivity contribution in [3.8, 4) is 0 Å². The van der Waals surface area contributed by atoms with Crippen molar-refractivity contribution in [1.82, 2.24) is 9.88 Å². The third kappa shape index (κ3) is 4.42. The zero-order valence-electron chi connectivity index (χ0n) is 13.8. The van der Waals surface area contributed by atoms with Gasteiger partial charge in [-0.2, -0.15) is 0 Å². The zero-order valence-corrected chi connectivity index (χ0v) is 14.5. The van der Waals surface area contributed by atoms with Gasteiger partial charge in [0.05, 0.1) is 17.8 Å². The van der Waals surface area contributed by atoms with Gasteiger partial charge in [0.15, 0.2) is 6.61 Å². The number of morpholine rings is 1. The Labute approximate surface area is 140 Å². The molecule has 2 rings (SSSR count). The lowest BCUT2D eigenvalue weighted by Gasteiger charge is -2.35. The first kappa shape index (κ1) is 17.7. The largest absolute Gasteiger partial charge is 0.452 e. The van der Waals surface area contributed by atoms with Crippen LogP contribution in [0, 0.1) is 13.8 Å². The summed E-state index contributed by atoms with van der Waals surface area (Å²) in [7, 11) is 0. The van der Waals surface area contributed by atoms with E-state index in [2.05, 4.69) is 4.98 Å². The number of pyridine rings is 1. The van der Waals surface area contributed by atoms with E-state index in [1.165, 1.54) is 0 Å². The lowest BCUT2D eigenvalue weighted by atomic mass is 10.1. The lowest BCUT2D eigenvalue weighted by molar-refractivity contribution is -0.146. The van der Waals surface area contributed by atoms with E-state index < -0.39 is 5.97 Å². The molecule has 0 aromatic carbocycles. The number of esters is 1. The molecule has 7 heteroatoms. The molecule has 0 aliphatic carbocycles. The standard InChI is InChI=1S/C16H21ClN2O4/c1-9-5-10(2)18-15(17)14(9)16(21)22-8-13(20)19-6-11(3)23-12(4)7-19/h5,11-12H,6-8H2,1-4H3/t11-,12-/m0/s1. The molecule has 1 saturated heterocycles. The minimum atomic E-state index is -0.636. The Kier molecular flexibility index (Phi) is 5.59. The van der Waals surface area contributed by atoms with Crippen molar-refractivity contribution >= 4 is 23.5 Å². The molecule has 2 heterocycles. The first-order chi connectivity index (χ1) is 10.8. The molecule has 1 amide bonds. The molecule has 1 aromatic heterocycles. The van der Waals surface area contributed by atoms with Gasteiger partial charge in [-0.15, -0.1) is 0 Å². The van der Waals surface area contributed by atoms with Crippen molar-refractivity contribution in [2.45, 2.75) is 39.9 Å². The Balaban J connectivity index is 1.98. The second-order valence-corrected chi connectivity index (χ2v) is 6.24. The monoisotopic (exact) mass is 340 g/mol. The van der Waals surface area contributed by atoms with E-state index in [-0.39, 0.29) is 35.4 Å². The fourth-order valence-electron chi connectivity index (χ4n) is 2.71. The number of carbonyl (C=O) groups excluding carboxylic acids is 2. The highest BCUT2D eigenvalue weighted by Gasteiger charge is 2.27. The number of hydrogen-bond donors (Lipinski definition) is 0. The van der Waals surface area contributed by atoms with E-state index in [4.69, 9.17) is 21.1 Å². The van der Waals surface area contributed by atoms with Crippen LogP contribution >= 0.6 is 11.6 Å². The van der Waals surface area contributed by atoms with E-state index in [9.17, 15) is 9.59 Å². The Morgan fingerprint density at radius 1 is 1.35 bits per heavy atom. The van der Waals surface area contributed by atoms with E-state index in [1.807, 2.05) is 13.8 Å². The Bertz CT molecular complexity index is 587. The smallest absolute Gasteiger partial charge is 0.342 e. The Morgan fingerprint density at radius 2 is 1.96 bits per heavy atom. The summed E-state index contributed by atoms with van der Waals surface area (Å²) in [5.41, 5.74) is 1.60. The molecule has 1 aliphatic heterocycles. The number of amides is 1. The minimum Gasteiger partial charge on any atom is -0.452 e. The van der Waals surface area contributed by atoms with Gasteiger partial charge in [-0.25, -0.2) is 9.78 Å². The van der Waals surface area contributed by atoms with Gasteiger partial charge in [0.1, 0.15) is 5.15 Å². The highest BCUT2D eigenvalue weighted by Crippen LogP contribution is 2.20. The van der Waals surface area contributed by atoms with Crippen molar-refractivity contribution in [3.05, 3.63) is 28.0 Å². The minimum absolute atomic E-state index is 0.0311. The Morgan fingerprint density at radius 3 is 2.52 bits per heavy atom. The maximum Gasteiger partial charge on any atom is 0.342 e. The molecule has 126 valence electrons. The van der Waals surface area contributed by atoms with Crippen LogP contribution in [0.3, 0.4) is 0 Å². The van der Waals surface area contributed by atoms with Gasteiger partial charge in [-0.1, -0.05) is 11.6 Å². The van der Waals surface area contributed by atoms with Gasteiger partial charge in [0.2, 0.25) is 0 Å². The normalized spacial score (nSPS) is 21.2. The fourth-order valence-corrected chi connectivity index (χ4v) is 3.07. The summed E-state index contributed by atoms with van der Waals surface area (Å²) < 4.78 is 10.7. The number of aromatic nitrogens is 1. The molecule has 1 aliphatic rings. The van der Waals surface area contributed by atoms with Crippen molar-refractivity contribution in [1.29, 1.82) is 0 Å². The fraction of sp³-hybridized carbons (Fsp3) is 0.562. The maximum absolute atomic E-state index is 12.2. The van der Waals surface area contributed by atoms with Crippen LogP contribution in [0.2, 0.25) is 5.15 Å². The number of hydrogen-bond acceptors (Lipinski definition) is 5. The lowest BCUT2D eigenvalue weighted by Crippen LogP contribution is -2.49. The second kappa shape index (κ2) is 7.27. The van der Waals surface area contributed by atoms with E-state index in [1.54, 1.807) is 24.8 Å². The molecular formula is C16H21ClN2O4. The van der Waals surface area contributed by atoms with Crippen LogP contribution < -0.4 is 0 Å². The summed E-state index contributed by atoms with van der Waals surface area (Å²) in [6.07, 6.45) is -0.0622. The summed E-state index contributed by atoms with van der Waals surface area (Å²) in [5.74, 6) is -0.878. The van der Waals surface area contributed by atoms with Crippen LogP contribution in [0.1, 0.15) is 35.5 Å². The molecule has 0 unspecified atom stereocenters. The number of halogens is 1. The van der Waals surface area contributed by atoms with Gasteiger partial charge < -0.3 is 14.4 Å². The van der Waals surface area contributed by atoms with Crippen molar-refractivity contribution in [3.63, 3.8) is 0 Å². The molecule has 0 radical (unpaired) electrons. The van der Waals surface area contributed by atoms with E-state index in [0.717, 1.165) is 5.69 Å². The van der Waals surface area contributed by atoms with Gasteiger partial charge in [0.25, 0.3) is 5.91 Å². The number of carbonyl (C=O) groups is 2. The highest BCUT2D eigenvalue weighted by molar-refractivity contribution is 6.32. The van der Waals surface area contributed by atoms with Crippen LogP contribution in [0.15, 0.2) is 6.07 Å². The van der Waals surface area contributed by atoms with Crippen molar-refractivity contribution in [2.24, 2.45) is 0 Å². The average molecular weight is 341 g/mol. The van der Waals surface area contributed by atoms with Crippen LogP contribution in [-0.2, 0) is 14.3 Å². The summed E-state index contributed by atoms with van der Waals surface area (Å²) in [6, 6.07) is 1.75. The van der Waals surface area contributed by atoms with E-state index >= 15 is 0 Å².